The molecule has 0 aromatic heterocycles. The Balaban J connectivity index is 1.94. The number of hydrogen-bond acceptors (Lipinski definition) is 3. The van der Waals surface area contributed by atoms with Crippen molar-refractivity contribution in [3.63, 3.8) is 0 Å². The fraction of sp³-hybridized carbons (Fsp3) is 0.316. The molecule has 0 bridgehead atoms. The smallest absolute Gasteiger partial charge is 0.355 e. The molecule has 1 N–H and O–H groups in total. The summed E-state index contributed by atoms with van der Waals surface area (Å²) >= 11 is 5.81. The van der Waals surface area contributed by atoms with Gasteiger partial charge in [-0.3, -0.25) is 9.10 Å². The number of nitrogens with one attached hydrogen (secondary N) is 1. The molecule has 0 atom stereocenters. The van der Waals surface area contributed by atoms with E-state index < -0.39 is 34.2 Å². The largest absolute Gasteiger partial charge is 0.416 e. The zero-order valence-corrected chi connectivity index (χ0v) is 17.1. The Morgan fingerprint density at radius 3 is 2.17 bits per heavy atom. The van der Waals surface area contributed by atoms with Crippen molar-refractivity contribution in [2.24, 2.45) is 0 Å². The molecule has 0 unspecified atom stereocenters. The van der Waals surface area contributed by atoms with Crippen LogP contribution in [0.15, 0.2) is 48.5 Å². The fourth-order valence-electron chi connectivity index (χ4n) is 2.57. The van der Waals surface area contributed by atoms with Gasteiger partial charge in [0.05, 0.1) is 17.5 Å². The number of benzene rings is 2. The number of aryl methyl sites for hydroxylation is 1. The molecule has 0 aliphatic carbocycles. The van der Waals surface area contributed by atoms with Crippen LogP contribution in [0.4, 0.5) is 18.9 Å². The van der Waals surface area contributed by atoms with E-state index in [0.29, 0.717) is 24.4 Å². The molecule has 0 heterocycles. The van der Waals surface area contributed by atoms with Crippen molar-refractivity contribution >= 4 is 33.2 Å². The maximum absolute atomic E-state index is 12.7. The van der Waals surface area contributed by atoms with E-state index in [1.165, 1.54) is 0 Å². The Hall–Kier alpha value is -2.26. The van der Waals surface area contributed by atoms with E-state index in [-0.39, 0.29) is 5.69 Å². The maximum Gasteiger partial charge on any atom is 0.416 e. The van der Waals surface area contributed by atoms with Crippen molar-refractivity contribution in [1.29, 1.82) is 0 Å². The van der Waals surface area contributed by atoms with Crippen LogP contribution in [0.25, 0.3) is 0 Å². The lowest BCUT2D eigenvalue weighted by molar-refractivity contribution is -0.137. The lowest BCUT2D eigenvalue weighted by Gasteiger charge is -2.22. The maximum atomic E-state index is 12.7. The number of sulfonamides is 1. The molecule has 10 heteroatoms. The summed E-state index contributed by atoms with van der Waals surface area (Å²) in [5.41, 5.74) is 0.129. The van der Waals surface area contributed by atoms with Gasteiger partial charge in [0, 0.05) is 11.6 Å². The average Bonchev–Trinajstić information content (AvgIpc) is 2.63. The number of rotatable bonds is 8. The third kappa shape index (κ3) is 7.25. The molecule has 5 nitrogen and oxygen atoms in total. The first-order valence-electron chi connectivity index (χ1n) is 8.63. The van der Waals surface area contributed by atoms with Crippen molar-refractivity contribution in [3.8, 4) is 0 Å². The van der Waals surface area contributed by atoms with Crippen molar-refractivity contribution in [2.75, 3.05) is 23.7 Å². The van der Waals surface area contributed by atoms with Gasteiger partial charge in [-0.1, -0.05) is 23.7 Å². The second-order valence-electron chi connectivity index (χ2n) is 6.39. The Bertz CT molecular complexity index is 931. The van der Waals surface area contributed by atoms with E-state index in [4.69, 9.17) is 11.6 Å². The minimum atomic E-state index is -4.53. The molecule has 29 heavy (non-hydrogen) atoms. The summed E-state index contributed by atoms with van der Waals surface area (Å²) < 4.78 is 62.8. The molecule has 0 aliphatic heterocycles. The summed E-state index contributed by atoms with van der Waals surface area (Å²) in [6.45, 7) is -0.197. The van der Waals surface area contributed by atoms with Gasteiger partial charge in [-0.25, -0.2) is 8.42 Å². The number of alkyl halides is 3. The highest BCUT2D eigenvalue weighted by molar-refractivity contribution is 7.92. The lowest BCUT2D eigenvalue weighted by atomic mass is 10.1. The van der Waals surface area contributed by atoms with Crippen LogP contribution in [0.3, 0.4) is 0 Å². The molecule has 0 aliphatic rings. The molecule has 2 rings (SSSR count). The zero-order chi connectivity index (χ0) is 21.7. The van der Waals surface area contributed by atoms with Crippen LogP contribution in [0.5, 0.6) is 0 Å². The zero-order valence-electron chi connectivity index (χ0n) is 15.5. The first-order chi connectivity index (χ1) is 13.5. The minimum absolute atomic E-state index is 0.0168. The molecule has 2 aromatic carbocycles. The molecule has 1 amide bonds. The van der Waals surface area contributed by atoms with Crippen LogP contribution in [0, 0.1) is 0 Å². The van der Waals surface area contributed by atoms with Crippen LogP contribution in [0.1, 0.15) is 17.5 Å². The first kappa shape index (κ1) is 23.0. The fourth-order valence-corrected chi connectivity index (χ4v) is 3.56. The number of anilines is 1. The molecule has 0 saturated heterocycles. The highest BCUT2D eigenvalue weighted by Gasteiger charge is 2.30. The summed E-state index contributed by atoms with van der Waals surface area (Å²) in [5.74, 6) is -0.550. The second kappa shape index (κ2) is 9.49. The summed E-state index contributed by atoms with van der Waals surface area (Å²) in [4.78, 5) is 12.1. The molecular weight excluding hydrogens is 429 g/mol. The number of carbonyl (C=O) groups is 1. The first-order valence-corrected chi connectivity index (χ1v) is 10.9. The topological polar surface area (TPSA) is 66.5 Å². The van der Waals surface area contributed by atoms with Gasteiger partial charge in [0.15, 0.2) is 0 Å². The van der Waals surface area contributed by atoms with Crippen LogP contribution in [0.2, 0.25) is 5.02 Å². The van der Waals surface area contributed by atoms with Gasteiger partial charge in [0.2, 0.25) is 15.9 Å². The molecule has 0 radical (unpaired) electrons. The number of halogens is 4. The summed E-state index contributed by atoms with van der Waals surface area (Å²) in [6, 6.07) is 10.9. The summed E-state index contributed by atoms with van der Waals surface area (Å²) in [6.07, 6.45) is -2.31. The molecule has 0 spiro atoms. The van der Waals surface area contributed by atoms with Gasteiger partial charge >= 0.3 is 6.18 Å². The molecule has 2 aromatic rings. The van der Waals surface area contributed by atoms with E-state index in [9.17, 15) is 26.4 Å². The van der Waals surface area contributed by atoms with E-state index in [1.54, 1.807) is 12.1 Å². The Morgan fingerprint density at radius 1 is 1.07 bits per heavy atom. The van der Waals surface area contributed by atoms with Crippen molar-refractivity contribution < 1.29 is 26.4 Å². The molecule has 0 saturated carbocycles. The standard InChI is InChI=1S/C19H20ClF3N2O3S/c1-29(27,28)25(17-10-6-15(7-11-17)19(21,22)23)13-18(26)24-12-2-3-14-4-8-16(20)9-5-14/h4-11H,2-3,12-13H2,1H3,(H,24,26). The molecule has 0 fully saturated rings. The van der Waals surface area contributed by atoms with Crippen molar-refractivity contribution in [2.45, 2.75) is 19.0 Å². The highest BCUT2D eigenvalue weighted by atomic mass is 35.5. The number of nitrogens with zero attached hydrogens (tertiary/aromatic N) is 1. The molecular formula is C19H20ClF3N2O3S. The Labute approximate surface area is 172 Å². The van der Waals surface area contributed by atoms with Gasteiger partial charge in [-0.15, -0.1) is 0 Å². The third-order valence-electron chi connectivity index (χ3n) is 4.05. The average molecular weight is 449 g/mol. The molecule has 158 valence electrons. The normalized spacial score (nSPS) is 11.9. The number of amides is 1. The Kier molecular flexibility index (Phi) is 7.54. The van der Waals surface area contributed by atoms with Gasteiger partial charge < -0.3 is 5.32 Å². The SMILES string of the molecule is CS(=O)(=O)N(CC(=O)NCCCc1ccc(Cl)cc1)c1ccc(C(F)(F)F)cc1. The van der Waals surface area contributed by atoms with Gasteiger partial charge in [0.25, 0.3) is 0 Å². The highest BCUT2D eigenvalue weighted by Crippen LogP contribution is 2.30. The summed E-state index contributed by atoms with van der Waals surface area (Å²) in [7, 11) is -3.86. The predicted molar refractivity (Wildman–Crippen MR) is 106 cm³/mol. The van der Waals surface area contributed by atoms with E-state index >= 15 is 0 Å². The summed E-state index contributed by atoms with van der Waals surface area (Å²) in [5, 5.41) is 3.25. The second-order valence-corrected chi connectivity index (χ2v) is 8.74. The predicted octanol–water partition coefficient (Wildman–Crippen LogP) is 3.87. The van der Waals surface area contributed by atoms with Crippen LogP contribution < -0.4 is 9.62 Å². The quantitative estimate of drug-likeness (QED) is 0.623. The van der Waals surface area contributed by atoms with Crippen LogP contribution >= 0.6 is 11.6 Å². The van der Waals surface area contributed by atoms with Gasteiger partial charge in [-0.2, -0.15) is 13.2 Å². The van der Waals surface area contributed by atoms with E-state index in [1.807, 2.05) is 12.1 Å². The minimum Gasteiger partial charge on any atom is -0.355 e. The number of hydrogen-bond donors (Lipinski definition) is 1. The van der Waals surface area contributed by atoms with Gasteiger partial charge in [-0.05, 0) is 54.8 Å². The van der Waals surface area contributed by atoms with Gasteiger partial charge in [0.1, 0.15) is 6.54 Å². The van der Waals surface area contributed by atoms with Crippen molar-refractivity contribution in [1.82, 2.24) is 5.32 Å². The van der Waals surface area contributed by atoms with Crippen LogP contribution in [-0.4, -0.2) is 33.7 Å². The van der Waals surface area contributed by atoms with E-state index in [0.717, 1.165) is 40.4 Å². The number of carbonyl (C=O) groups excluding carboxylic acids is 1. The third-order valence-corrected chi connectivity index (χ3v) is 5.44. The lowest BCUT2D eigenvalue weighted by Crippen LogP contribution is -2.40. The van der Waals surface area contributed by atoms with Crippen molar-refractivity contribution in [3.05, 3.63) is 64.7 Å². The Morgan fingerprint density at radius 2 is 1.66 bits per heavy atom. The van der Waals surface area contributed by atoms with Crippen LogP contribution in [-0.2, 0) is 27.4 Å². The monoisotopic (exact) mass is 448 g/mol. The van der Waals surface area contributed by atoms with E-state index in [2.05, 4.69) is 5.32 Å².